The molecule has 2 rings (SSSR count). The highest BCUT2D eigenvalue weighted by atomic mass is 16.5. The second kappa shape index (κ2) is 5.83. The maximum Gasteiger partial charge on any atom is 0.0513 e. The van der Waals surface area contributed by atoms with Crippen LogP contribution in [0.5, 0.6) is 0 Å². The molecule has 1 aromatic rings. The average Bonchev–Trinajstić information content (AvgIpc) is 2.38. The lowest BCUT2D eigenvalue weighted by Crippen LogP contribution is -2.37. The van der Waals surface area contributed by atoms with Gasteiger partial charge >= 0.3 is 0 Å². The highest BCUT2D eigenvalue weighted by Gasteiger charge is 2.26. The van der Waals surface area contributed by atoms with Crippen molar-refractivity contribution in [3.05, 3.63) is 34.4 Å². The molecule has 0 aliphatic carbocycles. The van der Waals surface area contributed by atoms with E-state index < -0.39 is 0 Å². The van der Waals surface area contributed by atoms with E-state index in [0.29, 0.717) is 5.92 Å². The Labute approximate surface area is 110 Å². The second-order valence-corrected chi connectivity index (χ2v) is 5.41. The van der Waals surface area contributed by atoms with Crippen molar-refractivity contribution in [3.63, 3.8) is 0 Å². The largest absolute Gasteiger partial charge is 0.381 e. The van der Waals surface area contributed by atoms with Crippen LogP contribution in [0, 0.1) is 26.7 Å². The van der Waals surface area contributed by atoms with Crippen molar-refractivity contribution in [1.29, 1.82) is 0 Å². The normalized spacial score (nSPS) is 21.9. The minimum atomic E-state index is 0.199. The summed E-state index contributed by atoms with van der Waals surface area (Å²) in [6, 6.07) is 4.72. The van der Waals surface area contributed by atoms with Crippen LogP contribution >= 0.6 is 0 Å². The molecule has 3 N–H and O–H groups in total. The molecule has 0 amide bonds. The predicted molar refractivity (Wildman–Crippen MR) is 74.3 cm³/mol. The molecule has 0 bridgehead atoms. The summed E-state index contributed by atoms with van der Waals surface area (Å²) in [5.74, 6) is 6.26. The van der Waals surface area contributed by atoms with Crippen molar-refractivity contribution < 1.29 is 4.74 Å². The molecule has 1 fully saturated rings. The Morgan fingerprint density at radius 1 is 1.22 bits per heavy atom. The summed E-state index contributed by atoms with van der Waals surface area (Å²) < 4.78 is 5.58. The Bertz CT molecular complexity index is 411. The van der Waals surface area contributed by atoms with E-state index in [0.717, 1.165) is 19.6 Å². The number of rotatable bonds is 3. The van der Waals surface area contributed by atoms with Crippen LogP contribution < -0.4 is 11.3 Å². The lowest BCUT2D eigenvalue weighted by Gasteiger charge is -2.31. The zero-order valence-electron chi connectivity index (χ0n) is 11.6. The maximum atomic E-state index is 5.79. The topological polar surface area (TPSA) is 47.3 Å². The summed E-state index contributed by atoms with van der Waals surface area (Å²) in [6.45, 7) is 8.17. The van der Waals surface area contributed by atoms with Gasteiger partial charge in [0.05, 0.1) is 12.6 Å². The molecule has 1 aliphatic heterocycles. The Morgan fingerprint density at radius 2 is 1.94 bits per heavy atom. The fourth-order valence-electron chi connectivity index (χ4n) is 2.83. The van der Waals surface area contributed by atoms with Gasteiger partial charge in [0, 0.05) is 12.5 Å². The van der Waals surface area contributed by atoms with Crippen molar-refractivity contribution in [2.45, 2.75) is 39.7 Å². The van der Waals surface area contributed by atoms with Gasteiger partial charge in [0.1, 0.15) is 0 Å². The molecule has 2 atom stereocenters. The predicted octanol–water partition coefficient (Wildman–Crippen LogP) is 2.54. The van der Waals surface area contributed by atoms with Crippen molar-refractivity contribution in [2.24, 2.45) is 11.8 Å². The lowest BCUT2D eigenvalue weighted by molar-refractivity contribution is 0.0389. The number of nitrogens with one attached hydrogen (secondary N) is 1. The van der Waals surface area contributed by atoms with Crippen molar-refractivity contribution in [3.8, 4) is 0 Å². The number of hydrogen-bond acceptors (Lipinski definition) is 3. The minimum absolute atomic E-state index is 0.199. The van der Waals surface area contributed by atoms with Crippen LogP contribution in [0.1, 0.15) is 41.1 Å². The van der Waals surface area contributed by atoms with E-state index in [-0.39, 0.29) is 6.04 Å². The third-order valence-electron chi connectivity index (χ3n) is 4.06. The zero-order valence-corrected chi connectivity index (χ0v) is 11.6. The first-order valence-corrected chi connectivity index (χ1v) is 6.75. The minimum Gasteiger partial charge on any atom is -0.381 e. The van der Waals surface area contributed by atoms with E-state index >= 15 is 0 Å². The average molecular weight is 248 g/mol. The van der Waals surface area contributed by atoms with E-state index in [4.69, 9.17) is 10.6 Å². The van der Waals surface area contributed by atoms with E-state index in [1.807, 2.05) is 0 Å². The highest BCUT2D eigenvalue weighted by molar-refractivity contribution is 5.38. The van der Waals surface area contributed by atoms with Gasteiger partial charge in [-0.15, -0.1) is 0 Å². The third kappa shape index (κ3) is 2.74. The third-order valence-corrected chi connectivity index (χ3v) is 4.06. The van der Waals surface area contributed by atoms with Gasteiger partial charge in [-0.05, 0) is 55.9 Å². The number of hydrazine groups is 1. The molecular weight excluding hydrogens is 224 g/mol. The van der Waals surface area contributed by atoms with E-state index in [1.165, 1.54) is 28.7 Å². The van der Waals surface area contributed by atoms with E-state index in [1.54, 1.807) is 0 Å². The summed E-state index contributed by atoms with van der Waals surface area (Å²) in [7, 11) is 0. The molecule has 1 heterocycles. The van der Waals surface area contributed by atoms with Crippen LogP contribution in [0.25, 0.3) is 0 Å². The van der Waals surface area contributed by atoms with Gasteiger partial charge in [0.2, 0.25) is 0 Å². The molecule has 1 saturated heterocycles. The number of ether oxygens (including phenoxy) is 1. The monoisotopic (exact) mass is 248 g/mol. The molecule has 0 aromatic heterocycles. The van der Waals surface area contributed by atoms with Crippen LogP contribution in [0.15, 0.2) is 12.1 Å². The highest BCUT2D eigenvalue weighted by Crippen LogP contribution is 2.31. The van der Waals surface area contributed by atoms with Gasteiger partial charge in [-0.1, -0.05) is 12.1 Å². The van der Waals surface area contributed by atoms with Crippen LogP contribution in [0.2, 0.25) is 0 Å². The Balaban J connectivity index is 2.28. The number of hydrogen-bond donors (Lipinski definition) is 2. The smallest absolute Gasteiger partial charge is 0.0513 e. The van der Waals surface area contributed by atoms with Crippen LogP contribution in [0.3, 0.4) is 0 Å². The summed E-state index contributed by atoms with van der Waals surface area (Å²) in [5, 5.41) is 0. The van der Waals surface area contributed by atoms with Gasteiger partial charge in [0.25, 0.3) is 0 Å². The molecule has 100 valence electrons. The molecule has 0 saturated carbocycles. The Morgan fingerprint density at radius 3 is 2.56 bits per heavy atom. The van der Waals surface area contributed by atoms with Gasteiger partial charge in [-0.25, -0.2) is 0 Å². The molecule has 18 heavy (non-hydrogen) atoms. The molecular formula is C15H24N2O. The first kappa shape index (κ1) is 13.5. The SMILES string of the molecule is Cc1cc(C)c(C(NN)C2CCCOC2)cc1C. The van der Waals surface area contributed by atoms with Crippen LogP contribution in [0.4, 0.5) is 0 Å². The molecule has 3 heteroatoms. The van der Waals surface area contributed by atoms with Gasteiger partial charge < -0.3 is 4.74 Å². The summed E-state index contributed by atoms with van der Waals surface area (Å²) >= 11 is 0. The molecule has 1 aliphatic rings. The van der Waals surface area contributed by atoms with Crippen LogP contribution in [-0.4, -0.2) is 13.2 Å². The molecule has 0 radical (unpaired) electrons. The first-order chi connectivity index (χ1) is 8.63. The summed E-state index contributed by atoms with van der Waals surface area (Å²) in [5.41, 5.74) is 8.29. The van der Waals surface area contributed by atoms with Gasteiger partial charge in [-0.3, -0.25) is 11.3 Å². The van der Waals surface area contributed by atoms with Gasteiger partial charge in [0.15, 0.2) is 0 Å². The lowest BCUT2D eigenvalue weighted by atomic mass is 9.85. The standard InChI is InChI=1S/C15H24N2O/c1-10-7-12(3)14(8-11(10)2)15(17-16)13-5-4-6-18-9-13/h7-8,13,15,17H,4-6,9,16H2,1-3H3. The zero-order chi connectivity index (χ0) is 13.1. The number of aryl methyl sites for hydroxylation is 3. The van der Waals surface area contributed by atoms with Crippen molar-refractivity contribution in [1.82, 2.24) is 5.43 Å². The van der Waals surface area contributed by atoms with Crippen LogP contribution in [-0.2, 0) is 4.74 Å². The first-order valence-electron chi connectivity index (χ1n) is 6.75. The quantitative estimate of drug-likeness (QED) is 0.638. The molecule has 2 unspecified atom stereocenters. The van der Waals surface area contributed by atoms with E-state index in [9.17, 15) is 0 Å². The van der Waals surface area contributed by atoms with Crippen molar-refractivity contribution in [2.75, 3.05) is 13.2 Å². The number of benzene rings is 1. The molecule has 0 spiro atoms. The van der Waals surface area contributed by atoms with Crippen molar-refractivity contribution >= 4 is 0 Å². The summed E-state index contributed by atoms with van der Waals surface area (Å²) in [4.78, 5) is 0. The fraction of sp³-hybridized carbons (Fsp3) is 0.600. The summed E-state index contributed by atoms with van der Waals surface area (Å²) in [6.07, 6.45) is 2.31. The Hall–Kier alpha value is -0.900. The molecule has 3 nitrogen and oxygen atoms in total. The van der Waals surface area contributed by atoms with E-state index in [2.05, 4.69) is 38.3 Å². The maximum absolute atomic E-state index is 5.79. The number of nitrogens with two attached hydrogens (primary N) is 1. The second-order valence-electron chi connectivity index (χ2n) is 5.41. The Kier molecular flexibility index (Phi) is 4.38. The van der Waals surface area contributed by atoms with Gasteiger partial charge in [-0.2, -0.15) is 0 Å². The fourth-order valence-corrected chi connectivity index (χ4v) is 2.83. The molecule has 1 aromatic carbocycles.